The third-order valence-electron chi connectivity index (χ3n) is 6.30. The van der Waals surface area contributed by atoms with E-state index in [4.69, 9.17) is 10.5 Å². The maximum absolute atomic E-state index is 12.9. The van der Waals surface area contributed by atoms with Gasteiger partial charge in [0.2, 0.25) is 5.91 Å². The van der Waals surface area contributed by atoms with Crippen LogP contribution >= 0.6 is 0 Å². The van der Waals surface area contributed by atoms with Gasteiger partial charge in [0.05, 0.1) is 19.7 Å². The molecule has 5 heteroatoms. The van der Waals surface area contributed by atoms with E-state index in [0.717, 1.165) is 24.4 Å². The molecule has 2 aliphatic rings. The minimum atomic E-state index is 0.0891. The predicted octanol–water partition coefficient (Wildman–Crippen LogP) is 2.94. The zero-order valence-corrected chi connectivity index (χ0v) is 17.1. The molecule has 4 rings (SSSR count). The number of benzene rings is 2. The van der Waals surface area contributed by atoms with Crippen molar-refractivity contribution in [3.8, 4) is 5.75 Å². The fourth-order valence-corrected chi connectivity index (χ4v) is 4.54. The second-order valence-corrected chi connectivity index (χ2v) is 8.36. The molecule has 2 aromatic rings. The normalized spacial score (nSPS) is 23.0. The first-order chi connectivity index (χ1) is 14.2. The number of nitrogens with zero attached hydrogens (tertiary/aromatic N) is 1. The molecule has 1 aliphatic carbocycles. The van der Waals surface area contributed by atoms with Crippen molar-refractivity contribution in [3.63, 3.8) is 0 Å². The van der Waals surface area contributed by atoms with Crippen LogP contribution in [0.5, 0.6) is 5.75 Å². The number of likely N-dealkylation sites (tertiary alicyclic amines) is 1. The number of carbonyl (C=O) groups excluding carboxylic acids is 1. The van der Waals surface area contributed by atoms with Crippen molar-refractivity contribution in [3.05, 3.63) is 65.7 Å². The van der Waals surface area contributed by atoms with E-state index in [2.05, 4.69) is 46.6 Å². The molecule has 1 aliphatic heterocycles. The Balaban J connectivity index is 1.38. The molecule has 3 N–H and O–H groups in total. The first kappa shape index (κ1) is 19.9. The van der Waals surface area contributed by atoms with E-state index >= 15 is 0 Å². The Hall–Kier alpha value is -2.37. The third-order valence-corrected chi connectivity index (χ3v) is 6.30. The molecule has 2 fully saturated rings. The standard InChI is InChI=1S/C24H31N3O2/c1-29-21-11-9-19(10-12-21)24(18-7-8-18)26-23(28)16-27-14-20(13-25)22(15-27)17-5-3-2-4-6-17/h2-6,9-12,18,20,22,24H,7-8,13-16,25H2,1H3,(H,26,28)/t20-,22+,24?/m1/s1. The lowest BCUT2D eigenvalue weighted by Crippen LogP contribution is -2.39. The van der Waals surface area contributed by atoms with E-state index in [9.17, 15) is 4.79 Å². The molecule has 29 heavy (non-hydrogen) atoms. The third kappa shape index (κ3) is 4.80. The van der Waals surface area contributed by atoms with Gasteiger partial charge in [-0.15, -0.1) is 0 Å². The molecule has 2 aromatic carbocycles. The highest BCUT2D eigenvalue weighted by Crippen LogP contribution is 2.41. The SMILES string of the molecule is COc1ccc(C(NC(=O)CN2C[C@@H](CN)[C@H](c3ccccc3)C2)C2CC2)cc1. The monoisotopic (exact) mass is 393 g/mol. The van der Waals surface area contributed by atoms with Crippen molar-refractivity contribution in [2.45, 2.75) is 24.8 Å². The molecule has 154 valence electrons. The molecule has 3 atom stereocenters. The Kier molecular flexibility index (Phi) is 6.16. The Morgan fingerprint density at radius 2 is 1.86 bits per heavy atom. The molecule has 0 bridgehead atoms. The summed E-state index contributed by atoms with van der Waals surface area (Å²) in [7, 11) is 1.67. The summed E-state index contributed by atoms with van der Waals surface area (Å²) < 4.78 is 5.26. The van der Waals surface area contributed by atoms with Gasteiger partial charge in [-0.05, 0) is 54.5 Å². The van der Waals surface area contributed by atoms with Crippen LogP contribution in [0.3, 0.4) is 0 Å². The summed E-state index contributed by atoms with van der Waals surface area (Å²) in [5.74, 6) is 2.27. The number of nitrogens with one attached hydrogen (secondary N) is 1. The van der Waals surface area contributed by atoms with Gasteiger partial charge in [-0.2, -0.15) is 0 Å². The molecule has 1 saturated heterocycles. The van der Waals surface area contributed by atoms with E-state index in [1.165, 1.54) is 18.4 Å². The molecule has 1 unspecified atom stereocenters. The average molecular weight is 394 g/mol. The summed E-state index contributed by atoms with van der Waals surface area (Å²) in [6, 6.07) is 18.7. The summed E-state index contributed by atoms with van der Waals surface area (Å²) in [5.41, 5.74) is 8.52. The van der Waals surface area contributed by atoms with E-state index in [1.54, 1.807) is 7.11 Å². The van der Waals surface area contributed by atoms with Crippen molar-refractivity contribution in [1.82, 2.24) is 10.2 Å². The number of ether oxygens (including phenoxy) is 1. The maximum Gasteiger partial charge on any atom is 0.234 e. The van der Waals surface area contributed by atoms with E-state index in [0.29, 0.717) is 30.8 Å². The number of nitrogens with two attached hydrogens (primary N) is 1. The van der Waals surface area contributed by atoms with Gasteiger partial charge in [0.1, 0.15) is 5.75 Å². The van der Waals surface area contributed by atoms with Crippen LogP contribution in [-0.4, -0.2) is 44.1 Å². The van der Waals surface area contributed by atoms with Crippen LogP contribution in [-0.2, 0) is 4.79 Å². The van der Waals surface area contributed by atoms with Crippen LogP contribution in [0.2, 0.25) is 0 Å². The number of hydrogen-bond acceptors (Lipinski definition) is 4. The largest absolute Gasteiger partial charge is 0.497 e. The van der Waals surface area contributed by atoms with Gasteiger partial charge in [-0.3, -0.25) is 9.69 Å². The minimum absolute atomic E-state index is 0.0891. The summed E-state index contributed by atoms with van der Waals surface area (Å²) in [6.07, 6.45) is 2.35. The van der Waals surface area contributed by atoms with Gasteiger partial charge in [-0.1, -0.05) is 42.5 Å². The first-order valence-corrected chi connectivity index (χ1v) is 10.6. The molecule has 1 amide bonds. The smallest absolute Gasteiger partial charge is 0.234 e. The van der Waals surface area contributed by atoms with Crippen LogP contribution in [0.15, 0.2) is 54.6 Å². The topological polar surface area (TPSA) is 67.6 Å². The summed E-state index contributed by atoms with van der Waals surface area (Å²) in [5, 5.41) is 3.29. The van der Waals surface area contributed by atoms with Gasteiger partial charge in [0.15, 0.2) is 0 Å². The highest BCUT2D eigenvalue weighted by Gasteiger charge is 2.36. The highest BCUT2D eigenvalue weighted by atomic mass is 16.5. The maximum atomic E-state index is 12.9. The molecule has 1 heterocycles. The second kappa shape index (κ2) is 8.97. The summed E-state index contributed by atoms with van der Waals surface area (Å²) in [4.78, 5) is 15.1. The van der Waals surface area contributed by atoms with Gasteiger partial charge in [0, 0.05) is 19.0 Å². The van der Waals surface area contributed by atoms with Crippen LogP contribution in [0.4, 0.5) is 0 Å². The molecule has 5 nitrogen and oxygen atoms in total. The number of amides is 1. The van der Waals surface area contributed by atoms with Gasteiger partial charge < -0.3 is 15.8 Å². The van der Waals surface area contributed by atoms with Crippen LogP contribution in [0, 0.1) is 11.8 Å². The number of carbonyl (C=O) groups is 1. The van der Waals surface area contributed by atoms with Crippen LogP contribution in [0.25, 0.3) is 0 Å². The Bertz CT molecular complexity index is 805. The molecule has 1 saturated carbocycles. The quantitative estimate of drug-likeness (QED) is 0.724. The molecule has 0 aromatic heterocycles. The number of hydrogen-bond donors (Lipinski definition) is 2. The minimum Gasteiger partial charge on any atom is -0.497 e. The Labute approximate surface area is 173 Å². The Morgan fingerprint density at radius 1 is 1.14 bits per heavy atom. The fraction of sp³-hybridized carbons (Fsp3) is 0.458. The molecule has 0 spiro atoms. The Morgan fingerprint density at radius 3 is 2.48 bits per heavy atom. The summed E-state index contributed by atoms with van der Waals surface area (Å²) >= 11 is 0. The molecular weight excluding hydrogens is 362 g/mol. The van der Waals surface area contributed by atoms with Crippen molar-refractivity contribution in [2.24, 2.45) is 17.6 Å². The van der Waals surface area contributed by atoms with Gasteiger partial charge >= 0.3 is 0 Å². The van der Waals surface area contributed by atoms with Crippen molar-refractivity contribution in [2.75, 3.05) is 33.3 Å². The van der Waals surface area contributed by atoms with Crippen molar-refractivity contribution >= 4 is 5.91 Å². The first-order valence-electron chi connectivity index (χ1n) is 10.6. The lowest BCUT2D eigenvalue weighted by atomic mass is 9.89. The molecular formula is C24H31N3O2. The highest BCUT2D eigenvalue weighted by molar-refractivity contribution is 5.78. The van der Waals surface area contributed by atoms with Gasteiger partial charge in [-0.25, -0.2) is 0 Å². The fourth-order valence-electron chi connectivity index (χ4n) is 4.54. The average Bonchev–Trinajstić information content (AvgIpc) is 3.52. The van der Waals surface area contributed by atoms with Crippen LogP contribution in [0.1, 0.15) is 35.9 Å². The number of rotatable bonds is 8. The second-order valence-electron chi connectivity index (χ2n) is 8.36. The molecule has 0 radical (unpaired) electrons. The summed E-state index contributed by atoms with van der Waals surface area (Å²) in [6.45, 7) is 2.84. The van der Waals surface area contributed by atoms with E-state index in [-0.39, 0.29) is 11.9 Å². The lowest BCUT2D eigenvalue weighted by molar-refractivity contribution is -0.123. The predicted molar refractivity (Wildman–Crippen MR) is 115 cm³/mol. The zero-order valence-electron chi connectivity index (χ0n) is 17.1. The lowest BCUT2D eigenvalue weighted by Gasteiger charge is -2.22. The van der Waals surface area contributed by atoms with Crippen molar-refractivity contribution < 1.29 is 9.53 Å². The van der Waals surface area contributed by atoms with E-state index < -0.39 is 0 Å². The number of methoxy groups -OCH3 is 1. The zero-order chi connectivity index (χ0) is 20.2. The van der Waals surface area contributed by atoms with E-state index in [1.807, 2.05) is 18.2 Å². The van der Waals surface area contributed by atoms with Crippen LogP contribution < -0.4 is 15.8 Å². The van der Waals surface area contributed by atoms with Crippen molar-refractivity contribution in [1.29, 1.82) is 0 Å². The van der Waals surface area contributed by atoms with Gasteiger partial charge in [0.25, 0.3) is 0 Å².